The van der Waals surface area contributed by atoms with Crippen LogP contribution in [0.5, 0.6) is 0 Å². The highest BCUT2D eigenvalue weighted by molar-refractivity contribution is 7.22. The highest BCUT2D eigenvalue weighted by Gasteiger charge is 2.30. The zero-order chi connectivity index (χ0) is 16.5. The number of thiazole rings is 2. The number of rotatable bonds is 5. The van der Waals surface area contributed by atoms with E-state index in [4.69, 9.17) is 0 Å². The van der Waals surface area contributed by atoms with Crippen LogP contribution in [0.25, 0.3) is 10.2 Å². The molecule has 0 saturated heterocycles. The van der Waals surface area contributed by atoms with Gasteiger partial charge in [0.05, 0.1) is 22.3 Å². The molecule has 2 amide bonds. The smallest absolute Gasteiger partial charge is 0.232 e. The third kappa shape index (κ3) is 3.44. The van der Waals surface area contributed by atoms with Gasteiger partial charge in [0, 0.05) is 11.3 Å². The lowest BCUT2D eigenvalue weighted by Gasteiger charge is -1.99. The van der Waals surface area contributed by atoms with Gasteiger partial charge in [-0.2, -0.15) is 0 Å². The minimum atomic E-state index is -0.167. The number of amides is 2. The zero-order valence-electron chi connectivity index (χ0n) is 12.6. The third-order valence-corrected chi connectivity index (χ3v) is 5.37. The topological polar surface area (TPSA) is 84.0 Å². The van der Waals surface area contributed by atoms with Crippen LogP contribution < -0.4 is 10.6 Å². The summed E-state index contributed by atoms with van der Waals surface area (Å²) in [5.41, 5.74) is 1.52. The molecule has 2 heterocycles. The van der Waals surface area contributed by atoms with Crippen molar-refractivity contribution in [3.63, 3.8) is 0 Å². The van der Waals surface area contributed by atoms with Gasteiger partial charge in [-0.15, -0.1) is 11.3 Å². The van der Waals surface area contributed by atoms with E-state index >= 15 is 0 Å². The summed E-state index contributed by atoms with van der Waals surface area (Å²) in [6.07, 6.45) is 2.06. The molecule has 8 heteroatoms. The summed E-state index contributed by atoms with van der Waals surface area (Å²) in [5, 5.41) is 8.52. The van der Waals surface area contributed by atoms with Crippen molar-refractivity contribution in [2.75, 3.05) is 10.6 Å². The number of nitrogens with one attached hydrogen (secondary N) is 2. The van der Waals surface area contributed by atoms with Crippen LogP contribution in [0.15, 0.2) is 29.6 Å². The number of anilines is 2. The molecule has 1 saturated carbocycles. The molecule has 24 heavy (non-hydrogen) atoms. The van der Waals surface area contributed by atoms with Crippen molar-refractivity contribution in [1.29, 1.82) is 0 Å². The highest BCUT2D eigenvalue weighted by atomic mass is 32.1. The number of para-hydroxylation sites is 1. The molecule has 0 atom stereocenters. The SMILES string of the molecule is O=C(Cc1csc(NC(=O)C2CC2)n1)Nc1nc2ccccc2s1. The van der Waals surface area contributed by atoms with Gasteiger partial charge in [-0.05, 0) is 25.0 Å². The number of aromatic nitrogens is 2. The molecule has 1 aromatic carbocycles. The van der Waals surface area contributed by atoms with E-state index in [2.05, 4.69) is 20.6 Å². The van der Waals surface area contributed by atoms with E-state index in [0.717, 1.165) is 23.1 Å². The molecule has 4 rings (SSSR count). The quantitative estimate of drug-likeness (QED) is 0.733. The van der Waals surface area contributed by atoms with Gasteiger partial charge in [-0.3, -0.25) is 9.59 Å². The summed E-state index contributed by atoms with van der Waals surface area (Å²) in [7, 11) is 0. The van der Waals surface area contributed by atoms with Crippen LogP contribution in [-0.4, -0.2) is 21.8 Å². The first-order chi connectivity index (χ1) is 11.7. The van der Waals surface area contributed by atoms with E-state index in [9.17, 15) is 9.59 Å². The van der Waals surface area contributed by atoms with Gasteiger partial charge in [0.25, 0.3) is 0 Å². The second kappa shape index (κ2) is 6.29. The van der Waals surface area contributed by atoms with Gasteiger partial charge in [-0.25, -0.2) is 9.97 Å². The Morgan fingerprint density at radius 2 is 1.96 bits per heavy atom. The molecule has 0 bridgehead atoms. The van der Waals surface area contributed by atoms with Crippen LogP contribution in [0.4, 0.5) is 10.3 Å². The Kier molecular flexibility index (Phi) is 3.99. The van der Waals surface area contributed by atoms with Crippen molar-refractivity contribution < 1.29 is 9.59 Å². The van der Waals surface area contributed by atoms with Gasteiger partial charge >= 0.3 is 0 Å². The predicted molar refractivity (Wildman–Crippen MR) is 95.4 cm³/mol. The molecule has 1 aliphatic carbocycles. The Morgan fingerprint density at radius 1 is 1.12 bits per heavy atom. The molecule has 2 N–H and O–H groups in total. The maximum atomic E-state index is 12.1. The summed E-state index contributed by atoms with van der Waals surface area (Å²) >= 11 is 2.78. The number of carbonyl (C=O) groups excluding carboxylic acids is 2. The summed E-state index contributed by atoms with van der Waals surface area (Å²) in [4.78, 5) is 32.5. The van der Waals surface area contributed by atoms with E-state index in [-0.39, 0.29) is 24.2 Å². The number of carbonyl (C=O) groups is 2. The highest BCUT2D eigenvalue weighted by Crippen LogP contribution is 2.30. The van der Waals surface area contributed by atoms with Crippen molar-refractivity contribution in [2.24, 2.45) is 5.92 Å². The summed E-state index contributed by atoms with van der Waals surface area (Å²) in [5.74, 6) is -0.00561. The molecule has 122 valence electrons. The first-order valence-electron chi connectivity index (χ1n) is 7.58. The van der Waals surface area contributed by atoms with E-state index in [1.54, 1.807) is 5.38 Å². The molecule has 0 aliphatic heterocycles. The summed E-state index contributed by atoms with van der Waals surface area (Å²) in [6.45, 7) is 0. The molecule has 0 spiro atoms. The van der Waals surface area contributed by atoms with Crippen LogP contribution in [-0.2, 0) is 16.0 Å². The summed E-state index contributed by atoms with van der Waals surface area (Å²) < 4.78 is 1.03. The second-order valence-corrected chi connectivity index (χ2v) is 7.51. The van der Waals surface area contributed by atoms with Crippen molar-refractivity contribution in [3.05, 3.63) is 35.3 Å². The molecular weight excluding hydrogens is 344 g/mol. The van der Waals surface area contributed by atoms with Crippen LogP contribution in [0.2, 0.25) is 0 Å². The number of nitrogens with zero attached hydrogens (tertiary/aromatic N) is 2. The Bertz CT molecular complexity index is 881. The first-order valence-corrected chi connectivity index (χ1v) is 9.28. The van der Waals surface area contributed by atoms with E-state index in [1.165, 1.54) is 22.7 Å². The summed E-state index contributed by atoms with van der Waals surface area (Å²) in [6, 6.07) is 7.74. The lowest BCUT2D eigenvalue weighted by molar-refractivity contribution is -0.117. The monoisotopic (exact) mass is 358 g/mol. The van der Waals surface area contributed by atoms with Gasteiger partial charge in [0.1, 0.15) is 0 Å². The first kappa shape index (κ1) is 15.2. The lowest BCUT2D eigenvalue weighted by atomic mass is 10.3. The van der Waals surface area contributed by atoms with Gasteiger partial charge < -0.3 is 10.6 Å². The Hall–Kier alpha value is -2.32. The van der Waals surface area contributed by atoms with Crippen molar-refractivity contribution >= 4 is 55.0 Å². The molecule has 1 fully saturated rings. The maximum absolute atomic E-state index is 12.1. The average Bonchev–Trinajstić information content (AvgIpc) is 3.20. The molecule has 0 radical (unpaired) electrons. The number of hydrogen-bond acceptors (Lipinski definition) is 6. The molecule has 2 aromatic heterocycles. The van der Waals surface area contributed by atoms with Crippen LogP contribution in [0, 0.1) is 5.92 Å². The third-order valence-electron chi connectivity index (χ3n) is 3.61. The standard InChI is InChI=1S/C16H14N4O2S2/c21-13(19-16-18-11-3-1-2-4-12(11)24-16)7-10-8-23-15(17-10)20-14(22)9-5-6-9/h1-4,8-9H,5-7H2,(H,17,20,22)(H,18,19,21). The van der Waals surface area contributed by atoms with E-state index < -0.39 is 0 Å². The van der Waals surface area contributed by atoms with Crippen molar-refractivity contribution in [3.8, 4) is 0 Å². The molecule has 3 aromatic rings. The molecule has 6 nitrogen and oxygen atoms in total. The zero-order valence-corrected chi connectivity index (χ0v) is 14.2. The lowest BCUT2D eigenvalue weighted by Crippen LogP contribution is -2.15. The fraction of sp³-hybridized carbons (Fsp3) is 0.250. The van der Waals surface area contributed by atoms with Gasteiger partial charge in [0.15, 0.2) is 10.3 Å². The fourth-order valence-corrected chi connectivity index (χ4v) is 3.85. The van der Waals surface area contributed by atoms with Crippen molar-refractivity contribution in [1.82, 2.24) is 9.97 Å². The Morgan fingerprint density at radius 3 is 2.75 bits per heavy atom. The fourth-order valence-electron chi connectivity index (χ4n) is 2.25. The van der Waals surface area contributed by atoms with E-state index in [1.807, 2.05) is 24.3 Å². The normalized spacial score (nSPS) is 13.8. The van der Waals surface area contributed by atoms with Crippen molar-refractivity contribution in [2.45, 2.75) is 19.3 Å². The van der Waals surface area contributed by atoms with Gasteiger partial charge in [0.2, 0.25) is 11.8 Å². The Labute approximate surface area is 145 Å². The van der Waals surface area contributed by atoms with E-state index in [0.29, 0.717) is 16.0 Å². The van der Waals surface area contributed by atoms with Gasteiger partial charge in [-0.1, -0.05) is 23.5 Å². The Balaban J connectivity index is 1.37. The number of fused-ring (bicyclic) bond motifs is 1. The van der Waals surface area contributed by atoms with Crippen LogP contribution >= 0.6 is 22.7 Å². The second-order valence-electron chi connectivity index (χ2n) is 5.62. The predicted octanol–water partition coefficient (Wildman–Crippen LogP) is 3.28. The number of benzene rings is 1. The molecular formula is C16H14N4O2S2. The number of hydrogen-bond donors (Lipinski definition) is 2. The minimum Gasteiger partial charge on any atom is -0.302 e. The van der Waals surface area contributed by atoms with Crippen LogP contribution in [0.1, 0.15) is 18.5 Å². The molecule has 1 aliphatic rings. The van der Waals surface area contributed by atoms with Crippen LogP contribution in [0.3, 0.4) is 0 Å². The maximum Gasteiger partial charge on any atom is 0.232 e. The average molecular weight is 358 g/mol. The minimum absolute atomic E-state index is 0.0230. The molecule has 0 unspecified atom stereocenters. The largest absolute Gasteiger partial charge is 0.302 e.